The van der Waals surface area contributed by atoms with Crippen molar-refractivity contribution in [1.82, 2.24) is 0 Å². The first-order valence-electron chi connectivity index (χ1n) is 8.41. The Hall–Kier alpha value is -2.67. The molecule has 0 aliphatic rings. The van der Waals surface area contributed by atoms with Crippen LogP contribution >= 0.6 is 0 Å². The van der Waals surface area contributed by atoms with E-state index in [1.54, 1.807) is 63.2 Å². The summed E-state index contributed by atoms with van der Waals surface area (Å²) in [6, 6.07) is 15.0. The SMILES string of the molecule is Cc1ccc(S(=O)(=O)O/N=C(\CC(=O)OC(C)(C)C)c2ccccc2)cc1. The van der Waals surface area contributed by atoms with E-state index in [1.807, 2.05) is 6.92 Å². The Bertz CT molecular complexity index is 911. The first-order valence-corrected chi connectivity index (χ1v) is 9.82. The van der Waals surface area contributed by atoms with Crippen LogP contribution in [0, 0.1) is 6.92 Å². The zero-order chi connectivity index (χ0) is 20.1. The molecule has 6 nitrogen and oxygen atoms in total. The van der Waals surface area contributed by atoms with Crippen molar-refractivity contribution in [2.75, 3.05) is 0 Å². The minimum Gasteiger partial charge on any atom is -0.460 e. The number of hydrogen-bond acceptors (Lipinski definition) is 6. The number of esters is 1. The van der Waals surface area contributed by atoms with Crippen molar-refractivity contribution in [3.63, 3.8) is 0 Å². The fraction of sp³-hybridized carbons (Fsp3) is 0.300. The number of benzene rings is 2. The summed E-state index contributed by atoms with van der Waals surface area (Å²) in [6.07, 6.45) is -0.218. The van der Waals surface area contributed by atoms with E-state index in [0.29, 0.717) is 5.56 Å². The summed E-state index contributed by atoms with van der Waals surface area (Å²) in [7, 11) is -4.09. The molecule has 144 valence electrons. The van der Waals surface area contributed by atoms with Gasteiger partial charge in [0.05, 0.1) is 12.1 Å². The Labute approximate surface area is 159 Å². The largest absolute Gasteiger partial charge is 0.460 e. The Morgan fingerprint density at radius 3 is 2.15 bits per heavy atom. The third-order valence-corrected chi connectivity index (χ3v) is 4.51. The molecule has 0 amide bonds. The molecular weight excluding hydrogens is 366 g/mol. The van der Waals surface area contributed by atoms with Crippen LogP contribution < -0.4 is 0 Å². The van der Waals surface area contributed by atoms with Crippen molar-refractivity contribution >= 4 is 21.8 Å². The normalized spacial score (nSPS) is 12.5. The molecule has 0 radical (unpaired) electrons. The molecule has 7 heteroatoms. The van der Waals surface area contributed by atoms with Crippen LogP contribution in [-0.4, -0.2) is 25.7 Å². The molecule has 0 aliphatic carbocycles. The average molecular weight is 389 g/mol. The summed E-state index contributed by atoms with van der Waals surface area (Å²) in [5, 5.41) is 3.76. The van der Waals surface area contributed by atoms with Gasteiger partial charge in [0.15, 0.2) is 0 Å². The van der Waals surface area contributed by atoms with Gasteiger partial charge < -0.3 is 4.74 Å². The lowest BCUT2D eigenvalue weighted by molar-refractivity contribution is -0.153. The number of hydrogen-bond donors (Lipinski definition) is 0. The predicted octanol–water partition coefficient (Wildman–Crippen LogP) is 3.84. The van der Waals surface area contributed by atoms with Crippen LogP contribution in [0.2, 0.25) is 0 Å². The first kappa shape index (κ1) is 20.6. The van der Waals surface area contributed by atoms with Gasteiger partial charge in [0, 0.05) is 0 Å². The summed E-state index contributed by atoms with van der Waals surface area (Å²) in [5.74, 6) is -0.526. The fourth-order valence-corrected chi connectivity index (χ4v) is 2.92. The van der Waals surface area contributed by atoms with Gasteiger partial charge in [0.25, 0.3) is 0 Å². The summed E-state index contributed by atoms with van der Waals surface area (Å²) in [5.41, 5.74) is 1.00. The zero-order valence-corrected chi connectivity index (χ0v) is 16.6. The lowest BCUT2D eigenvalue weighted by Gasteiger charge is -2.19. The monoisotopic (exact) mass is 389 g/mol. The first-order chi connectivity index (χ1) is 12.6. The van der Waals surface area contributed by atoms with Crippen molar-refractivity contribution in [3.05, 3.63) is 65.7 Å². The molecule has 0 spiro atoms. The smallest absolute Gasteiger partial charge is 0.358 e. The highest BCUT2D eigenvalue weighted by molar-refractivity contribution is 7.86. The van der Waals surface area contributed by atoms with E-state index < -0.39 is 21.7 Å². The second-order valence-corrected chi connectivity index (χ2v) is 8.54. The van der Waals surface area contributed by atoms with E-state index in [2.05, 4.69) is 5.16 Å². The summed E-state index contributed by atoms with van der Waals surface area (Å²) in [6.45, 7) is 7.11. The molecule has 0 fully saturated rings. The number of aryl methyl sites for hydroxylation is 1. The minimum absolute atomic E-state index is 0.0125. The number of ether oxygens (including phenoxy) is 1. The van der Waals surface area contributed by atoms with Gasteiger partial charge in [-0.05, 0) is 45.4 Å². The van der Waals surface area contributed by atoms with Crippen molar-refractivity contribution in [1.29, 1.82) is 0 Å². The van der Waals surface area contributed by atoms with E-state index in [4.69, 9.17) is 9.02 Å². The van der Waals surface area contributed by atoms with E-state index in [0.717, 1.165) is 5.56 Å². The van der Waals surface area contributed by atoms with Gasteiger partial charge in [-0.2, -0.15) is 8.42 Å². The molecule has 27 heavy (non-hydrogen) atoms. The van der Waals surface area contributed by atoms with Gasteiger partial charge in [-0.15, -0.1) is 0 Å². The highest BCUT2D eigenvalue weighted by Gasteiger charge is 2.21. The molecular formula is C20H23NO5S. The Kier molecular flexibility index (Phi) is 6.38. The van der Waals surface area contributed by atoms with Crippen LogP contribution in [0.15, 0.2) is 64.6 Å². The van der Waals surface area contributed by atoms with Crippen molar-refractivity contribution in [2.24, 2.45) is 5.16 Å². The molecule has 0 aliphatic heterocycles. The maximum Gasteiger partial charge on any atom is 0.358 e. The highest BCUT2D eigenvalue weighted by atomic mass is 32.2. The van der Waals surface area contributed by atoms with E-state index in [9.17, 15) is 13.2 Å². The number of rotatable bonds is 6. The van der Waals surface area contributed by atoms with Crippen LogP contribution in [0.5, 0.6) is 0 Å². The maximum atomic E-state index is 12.3. The summed E-state index contributed by atoms with van der Waals surface area (Å²) < 4.78 is 34.8. The predicted molar refractivity (Wildman–Crippen MR) is 103 cm³/mol. The molecule has 2 aromatic rings. The molecule has 0 bridgehead atoms. The van der Waals surface area contributed by atoms with Gasteiger partial charge in [0.2, 0.25) is 0 Å². The van der Waals surface area contributed by atoms with E-state index in [1.165, 1.54) is 12.1 Å². The minimum atomic E-state index is -4.09. The highest BCUT2D eigenvalue weighted by Crippen LogP contribution is 2.16. The molecule has 2 aromatic carbocycles. The topological polar surface area (TPSA) is 82.0 Å². The summed E-state index contributed by atoms with van der Waals surface area (Å²) >= 11 is 0. The average Bonchev–Trinajstić information content (AvgIpc) is 2.58. The summed E-state index contributed by atoms with van der Waals surface area (Å²) in [4.78, 5) is 12.2. The molecule has 0 saturated carbocycles. The number of nitrogens with zero attached hydrogens (tertiary/aromatic N) is 1. The van der Waals surface area contributed by atoms with Gasteiger partial charge in [-0.1, -0.05) is 53.2 Å². The molecule has 2 rings (SSSR count). The van der Waals surface area contributed by atoms with Crippen LogP contribution in [-0.2, 0) is 23.9 Å². The standard InChI is InChI=1S/C20H23NO5S/c1-15-10-12-17(13-11-15)27(23,24)26-21-18(16-8-6-5-7-9-16)14-19(22)25-20(2,3)4/h5-13H,14H2,1-4H3/b21-18+. The Balaban J connectivity index is 2.27. The van der Waals surface area contributed by atoms with E-state index in [-0.39, 0.29) is 17.0 Å². The second-order valence-electron chi connectivity index (χ2n) is 7.01. The molecule has 0 unspecified atom stereocenters. The van der Waals surface area contributed by atoms with E-state index >= 15 is 0 Å². The molecule has 0 N–H and O–H groups in total. The third-order valence-electron chi connectivity index (χ3n) is 3.39. The Morgan fingerprint density at radius 1 is 1.00 bits per heavy atom. The third kappa shape index (κ3) is 6.53. The van der Waals surface area contributed by atoms with Gasteiger partial charge in [-0.3, -0.25) is 9.08 Å². The van der Waals surface area contributed by atoms with Crippen LogP contribution in [0.1, 0.15) is 38.3 Å². The lowest BCUT2D eigenvalue weighted by atomic mass is 10.1. The van der Waals surface area contributed by atoms with Gasteiger partial charge in [0.1, 0.15) is 10.5 Å². The quantitative estimate of drug-likeness (QED) is 0.426. The molecule has 0 heterocycles. The van der Waals surface area contributed by atoms with Crippen molar-refractivity contribution in [3.8, 4) is 0 Å². The van der Waals surface area contributed by atoms with Gasteiger partial charge >= 0.3 is 16.1 Å². The van der Waals surface area contributed by atoms with Gasteiger partial charge in [-0.25, -0.2) is 0 Å². The second kappa shape index (κ2) is 8.35. The lowest BCUT2D eigenvalue weighted by Crippen LogP contribution is -2.25. The number of carbonyl (C=O) groups excluding carboxylic acids is 1. The molecule has 0 aromatic heterocycles. The number of oxime groups is 1. The maximum absolute atomic E-state index is 12.3. The number of carbonyl (C=O) groups is 1. The van der Waals surface area contributed by atoms with Crippen molar-refractivity contribution < 1.29 is 22.2 Å². The van der Waals surface area contributed by atoms with Crippen LogP contribution in [0.25, 0.3) is 0 Å². The molecule has 0 saturated heterocycles. The molecule has 0 atom stereocenters. The zero-order valence-electron chi connectivity index (χ0n) is 15.8. The van der Waals surface area contributed by atoms with Crippen LogP contribution in [0.4, 0.5) is 0 Å². The Morgan fingerprint density at radius 2 is 1.59 bits per heavy atom. The van der Waals surface area contributed by atoms with Crippen molar-refractivity contribution in [2.45, 2.75) is 44.6 Å². The van der Waals surface area contributed by atoms with Crippen LogP contribution in [0.3, 0.4) is 0 Å². The fourth-order valence-electron chi connectivity index (χ4n) is 2.17.